The summed E-state index contributed by atoms with van der Waals surface area (Å²) in [5.74, 6) is 2.18. The van der Waals surface area contributed by atoms with Crippen molar-refractivity contribution in [2.24, 2.45) is 5.92 Å². The van der Waals surface area contributed by atoms with Crippen molar-refractivity contribution in [2.45, 2.75) is 32.7 Å². The number of likely N-dealkylation sites (tertiary alicyclic amines) is 1. The molecule has 4 heterocycles. The molecular formula is C21H25N5O2. The van der Waals surface area contributed by atoms with Gasteiger partial charge in [0.25, 0.3) is 5.56 Å². The molecule has 0 N–H and O–H groups in total. The van der Waals surface area contributed by atoms with Crippen LogP contribution in [0.15, 0.2) is 52.3 Å². The Morgan fingerprint density at radius 2 is 2.07 bits per heavy atom. The Kier molecular flexibility index (Phi) is 5.62. The van der Waals surface area contributed by atoms with Crippen LogP contribution in [-0.2, 0) is 13.0 Å². The van der Waals surface area contributed by atoms with Crippen LogP contribution in [0.1, 0.15) is 24.5 Å². The van der Waals surface area contributed by atoms with E-state index in [1.165, 1.54) is 0 Å². The highest BCUT2D eigenvalue weighted by Crippen LogP contribution is 2.19. The third kappa shape index (κ3) is 4.54. The van der Waals surface area contributed by atoms with Crippen LogP contribution in [0.3, 0.4) is 0 Å². The molecule has 1 saturated heterocycles. The lowest BCUT2D eigenvalue weighted by Gasteiger charge is -2.31. The first-order valence-electron chi connectivity index (χ1n) is 9.78. The van der Waals surface area contributed by atoms with Gasteiger partial charge in [0.15, 0.2) is 5.89 Å². The lowest BCUT2D eigenvalue weighted by Crippen LogP contribution is -2.37. The molecule has 7 nitrogen and oxygen atoms in total. The monoisotopic (exact) mass is 379 g/mol. The van der Waals surface area contributed by atoms with Crippen molar-refractivity contribution in [1.29, 1.82) is 0 Å². The van der Waals surface area contributed by atoms with Gasteiger partial charge in [-0.15, -0.1) is 0 Å². The number of rotatable bonds is 6. The van der Waals surface area contributed by atoms with E-state index in [0.29, 0.717) is 11.6 Å². The number of oxazole rings is 1. The zero-order valence-corrected chi connectivity index (χ0v) is 16.1. The van der Waals surface area contributed by atoms with Gasteiger partial charge in [-0.25, -0.2) is 9.97 Å². The zero-order chi connectivity index (χ0) is 19.3. The predicted molar refractivity (Wildman–Crippen MR) is 106 cm³/mol. The van der Waals surface area contributed by atoms with Crippen LogP contribution in [0, 0.1) is 12.8 Å². The highest BCUT2D eigenvalue weighted by molar-refractivity contribution is 5.56. The molecule has 1 aliphatic heterocycles. The van der Waals surface area contributed by atoms with Crippen LogP contribution in [-0.4, -0.2) is 44.1 Å². The second-order valence-electron chi connectivity index (χ2n) is 7.39. The van der Waals surface area contributed by atoms with E-state index in [1.807, 2.05) is 25.3 Å². The van der Waals surface area contributed by atoms with E-state index in [9.17, 15) is 4.79 Å². The van der Waals surface area contributed by atoms with Crippen LogP contribution in [0.4, 0.5) is 0 Å². The Morgan fingerprint density at radius 1 is 1.21 bits per heavy atom. The van der Waals surface area contributed by atoms with Crippen molar-refractivity contribution in [1.82, 2.24) is 24.4 Å². The van der Waals surface area contributed by atoms with Gasteiger partial charge in [-0.3, -0.25) is 14.3 Å². The van der Waals surface area contributed by atoms with Gasteiger partial charge in [0.1, 0.15) is 5.76 Å². The Hall–Kier alpha value is -2.80. The van der Waals surface area contributed by atoms with E-state index in [1.54, 1.807) is 29.4 Å². The summed E-state index contributed by atoms with van der Waals surface area (Å²) in [5.41, 5.74) is 1.53. The van der Waals surface area contributed by atoms with Crippen molar-refractivity contribution < 1.29 is 4.42 Å². The molecule has 1 aliphatic rings. The van der Waals surface area contributed by atoms with Crippen molar-refractivity contribution in [3.05, 3.63) is 65.1 Å². The maximum Gasteiger partial charge on any atom is 0.253 e. The largest absolute Gasteiger partial charge is 0.446 e. The second kappa shape index (κ2) is 8.48. The summed E-state index contributed by atoms with van der Waals surface area (Å²) in [6.45, 7) is 5.69. The maximum atomic E-state index is 12.5. The van der Waals surface area contributed by atoms with Crippen LogP contribution >= 0.6 is 0 Å². The van der Waals surface area contributed by atoms with E-state index < -0.39 is 0 Å². The molecule has 0 aliphatic carbocycles. The molecule has 0 radical (unpaired) electrons. The third-order valence-electron chi connectivity index (χ3n) is 5.34. The van der Waals surface area contributed by atoms with Crippen LogP contribution in [0.5, 0.6) is 0 Å². The molecule has 0 saturated carbocycles. The Bertz CT molecular complexity index is 958. The molecule has 7 heteroatoms. The van der Waals surface area contributed by atoms with Gasteiger partial charge in [-0.2, -0.15) is 0 Å². The number of piperidine rings is 1. The van der Waals surface area contributed by atoms with Gasteiger partial charge in [-0.05, 0) is 44.0 Å². The minimum absolute atomic E-state index is 0.00280. The molecule has 1 fully saturated rings. The first kappa shape index (κ1) is 18.6. The Labute approximate surface area is 164 Å². The van der Waals surface area contributed by atoms with Gasteiger partial charge in [-0.1, -0.05) is 0 Å². The fourth-order valence-corrected chi connectivity index (χ4v) is 3.70. The average molecular weight is 379 g/mol. The number of pyridine rings is 1. The molecule has 0 atom stereocenters. The van der Waals surface area contributed by atoms with Crippen LogP contribution < -0.4 is 5.56 Å². The number of hydrogen-bond donors (Lipinski definition) is 0. The number of aryl methyl sites for hydroxylation is 1. The summed E-state index contributed by atoms with van der Waals surface area (Å²) in [5, 5.41) is 0. The van der Waals surface area contributed by atoms with Crippen LogP contribution in [0.2, 0.25) is 0 Å². The SMILES string of the molecule is Cc1ncc(CCN2CCC(Cn3cnc(-c4cccnc4)cc3=O)CC2)o1. The van der Waals surface area contributed by atoms with Gasteiger partial charge < -0.3 is 9.32 Å². The van der Waals surface area contributed by atoms with E-state index >= 15 is 0 Å². The molecular weight excluding hydrogens is 354 g/mol. The Balaban J connectivity index is 1.29. The molecule has 0 amide bonds. The van der Waals surface area contributed by atoms with E-state index in [2.05, 4.69) is 19.9 Å². The highest BCUT2D eigenvalue weighted by atomic mass is 16.4. The van der Waals surface area contributed by atoms with Crippen LogP contribution in [0.25, 0.3) is 11.3 Å². The summed E-state index contributed by atoms with van der Waals surface area (Å²) in [6.07, 6.45) is 9.99. The summed E-state index contributed by atoms with van der Waals surface area (Å²) >= 11 is 0. The van der Waals surface area contributed by atoms with Crippen molar-refractivity contribution in [2.75, 3.05) is 19.6 Å². The minimum Gasteiger partial charge on any atom is -0.446 e. The van der Waals surface area contributed by atoms with Gasteiger partial charge in [0, 0.05) is 50.5 Å². The first-order chi connectivity index (χ1) is 13.7. The standard InChI is InChI=1S/C21H25N5O2/c1-16-23-13-19(28-16)6-10-25-8-4-17(5-9-25)14-26-15-24-20(11-21(26)27)18-3-2-7-22-12-18/h2-3,7,11-13,15,17H,4-6,8-10,14H2,1H3. The molecule has 0 spiro atoms. The molecule has 146 valence electrons. The summed E-state index contributed by atoms with van der Waals surface area (Å²) in [7, 11) is 0. The quantitative estimate of drug-likeness (QED) is 0.655. The van der Waals surface area contributed by atoms with Crippen molar-refractivity contribution >= 4 is 0 Å². The molecule has 0 bridgehead atoms. The molecule has 0 aromatic carbocycles. The number of hydrogen-bond acceptors (Lipinski definition) is 6. The normalized spacial score (nSPS) is 15.8. The molecule has 0 unspecified atom stereocenters. The van der Waals surface area contributed by atoms with E-state index in [4.69, 9.17) is 4.42 Å². The second-order valence-corrected chi connectivity index (χ2v) is 7.39. The lowest BCUT2D eigenvalue weighted by atomic mass is 9.96. The average Bonchev–Trinajstić information content (AvgIpc) is 3.15. The van der Waals surface area contributed by atoms with Gasteiger partial charge in [0.2, 0.25) is 0 Å². The first-order valence-corrected chi connectivity index (χ1v) is 9.78. The third-order valence-corrected chi connectivity index (χ3v) is 5.34. The fourth-order valence-electron chi connectivity index (χ4n) is 3.70. The molecule has 28 heavy (non-hydrogen) atoms. The topological polar surface area (TPSA) is 77.1 Å². The Morgan fingerprint density at radius 3 is 2.75 bits per heavy atom. The van der Waals surface area contributed by atoms with E-state index in [0.717, 1.165) is 62.7 Å². The van der Waals surface area contributed by atoms with Gasteiger partial charge in [0.05, 0.1) is 18.2 Å². The molecule has 3 aromatic rings. The summed E-state index contributed by atoms with van der Waals surface area (Å²) in [6, 6.07) is 5.36. The minimum atomic E-state index is -0.00280. The summed E-state index contributed by atoms with van der Waals surface area (Å²) < 4.78 is 7.28. The van der Waals surface area contributed by atoms with Gasteiger partial charge >= 0.3 is 0 Å². The number of aromatic nitrogens is 4. The maximum absolute atomic E-state index is 12.5. The molecule has 4 rings (SSSR count). The molecule has 3 aromatic heterocycles. The zero-order valence-electron chi connectivity index (χ0n) is 16.1. The van der Waals surface area contributed by atoms with Crippen molar-refractivity contribution in [3.63, 3.8) is 0 Å². The highest BCUT2D eigenvalue weighted by Gasteiger charge is 2.20. The predicted octanol–water partition coefficient (Wildman–Crippen LogP) is 2.56. The number of nitrogens with zero attached hydrogens (tertiary/aromatic N) is 5. The van der Waals surface area contributed by atoms with Crippen molar-refractivity contribution in [3.8, 4) is 11.3 Å². The lowest BCUT2D eigenvalue weighted by molar-refractivity contribution is 0.172. The smallest absolute Gasteiger partial charge is 0.253 e. The van der Waals surface area contributed by atoms with E-state index in [-0.39, 0.29) is 5.56 Å². The summed E-state index contributed by atoms with van der Waals surface area (Å²) in [4.78, 5) is 27.6. The fraction of sp³-hybridized carbons (Fsp3) is 0.429.